The first-order valence-electron chi connectivity index (χ1n) is 8.17. The summed E-state index contributed by atoms with van der Waals surface area (Å²) in [6, 6.07) is 1.21. The topological polar surface area (TPSA) is 71.2 Å². The lowest BCUT2D eigenvalue weighted by molar-refractivity contribution is -0.143. The smallest absolute Gasteiger partial charge is 0.416 e. The minimum absolute atomic E-state index is 0.0366. The van der Waals surface area contributed by atoms with Crippen molar-refractivity contribution in [1.29, 1.82) is 0 Å². The van der Waals surface area contributed by atoms with Crippen molar-refractivity contribution in [1.82, 2.24) is 15.0 Å². The van der Waals surface area contributed by atoms with Gasteiger partial charge in [-0.25, -0.2) is 9.48 Å². The van der Waals surface area contributed by atoms with Gasteiger partial charge in [-0.3, -0.25) is 0 Å². The summed E-state index contributed by atoms with van der Waals surface area (Å²) in [7, 11) is 0. The SMILES string of the molecule is O=C(O)c1nnn(Cc2cc(C(F)(F)F)cc(C(F)(F)F)c2)c1N1CCCC1. The van der Waals surface area contributed by atoms with Crippen LogP contribution in [0.15, 0.2) is 18.2 Å². The van der Waals surface area contributed by atoms with Crippen LogP contribution in [0.1, 0.15) is 40.0 Å². The number of aromatic nitrogens is 3. The molecule has 1 aliphatic heterocycles. The Balaban J connectivity index is 2.05. The number of benzene rings is 1. The number of alkyl halides is 6. The Kier molecular flexibility index (Phi) is 4.98. The van der Waals surface area contributed by atoms with Crippen molar-refractivity contribution in [2.24, 2.45) is 0 Å². The molecule has 1 N–H and O–H groups in total. The van der Waals surface area contributed by atoms with E-state index in [9.17, 15) is 36.2 Å². The number of aromatic carboxylic acids is 1. The fraction of sp³-hybridized carbons (Fsp3) is 0.438. The minimum Gasteiger partial charge on any atom is -0.476 e. The van der Waals surface area contributed by atoms with Gasteiger partial charge < -0.3 is 10.0 Å². The molecular weight excluding hydrogens is 394 g/mol. The van der Waals surface area contributed by atoms with Gasteiger partial charge >= 0.3 is 18.3 Å². The standard InChI is InChI=1S/C16H14F6N4O2/c17-15(18,19)10-5-9(6-11(7-10)16(20,21)22)8-26-13(25-3-1-2-4-25)12(14(27)28)23-24-26/h5-7H,1-4,8H2,(H,27,28). The molecule has 1 saturated heterocycles. The van der Waals surface area contributed by atoms with E-state index in [4.69, 9.17) is 0 Å². The van der Waals surface area contributed by atoms with Crippen LogP contribution in [0.3, 0.4) is 0 Å². The average molecular weight is 408 g/mol. The van der Waals surface area contributed by atoms with E-state index < -0.39 is 41.7 Å². The molecule has 1 aromatic heterocycles. The second-order valence-electron chi connectivity index (χ2n) is 6.33. The van der Waals surface area contributed by atoms with Crippen LogP contribution in [0, 0.1) is 0 Å². The molecule has 0 unspecified atom stereocenters. The maximum atomic E-state index is 13.0. The third-order valence-corrected chi connectivity index (χ3v) is 4.30. The Bertz CT molecular complexity index is 852. The highest BCUT2D eigenvalue weighted by Gasteiger charge is 2.37. The Labute approximate surface area is 154 Å². The zero-order valence-electron chi connectivity index (χ0n) is 14.2. The molecule has 0 saturated carbocycles. The van der Waals surface area contributed by atoms with Gasteiger partial charge in [0.2, 0.25) is 5.69 Å². The molecule has 3 rings (SSSR count). The van der Waals surface area contributed by atoms with Crippen LogP contribution in [0.25, 0.3) is 0 Å². The average Bonchev–Trinajstić information content (AvgIpc) is 3.21. The number of halogens is 6. The van der Waals surface area contributed by atoms with Crippen LogP contribution in [-0.4, -0.2) is 39.2 Å². The van der Waals surface area contributed by atoms with Gasteiger partial charge in [-0.15, -0.1) is 5.10 Å². The molecule has 2 aromatic rings. The second kappa shape index (κ2) is 6.99. The highest BCUT2D eigenvalue weighted by Crippen LogP contribution is 2.36. The van der Waals surface area contributed by atoms with E-state index in [0.29, 0.717) is 25.2 Å². The summed E-state index contributed by atoms with van der Waals surface area (Å²) in [6.45, 7) is 0.493. The van der Waals surface area contributed by atoms with Gasteiger partial charge in [-0.2, -0.15) is 26.3 Å². The molecule has 28 heavy (non-hydrogen) atoms. The van der Waals surface area contributed by atoms with E-state index in [0.717, 1.165) is 17.5 Å². The zero-order valence-corrected chi connectivity index (χ0v) is 14.2. The van der Waals surface area contributed by atoms with Crippen molar-refractivity contribution in [3.05, 3.63) is 40.6 Å². The maximum absolute atomic E-state index is 13.0. The summed E-state index contributed by atoms with van der Waals surface area (Å²) in [6.07, 6.45) is -8.40. The Morgan fingerprint density at radius 3 is 2.00 bits per heavy atom. The van der Waals surface area contributed by atoms with Gasteiger partial charge in [0.15, 0.2) is 5.82 Å². The number of carboxylic acid groups (broad SMARTS) is 1. The predicted molar refractivity (Wildman–Crippen MR) is 84.0 cm³/mol. The van der Waals surface area contributed by atoms with Crippen molar-refractivity contribution in [2.45, 2.75) is 31.7 Å². The fourth-order valence-electron chi connectivity index (χ4n) is 3.08. The third-order valence-electron chi connectivity index (χ3n) is 4.30. The van der Waals surface area contributed by atoms with E-state index in [2.05, 4.69) is 10.3 Å². The van der Waals surface area contributed by atoms with Crippen LogP contribution in [-0.2, 0) is 18.9 Å². The third kappa shape index (κ3) is 4.04. The quantitative estimate of drug-likeness (QED) is 0.782. The normalized spacial score (nSPS) is 15.3. The summed E-state index contributed by atoms with van der Waals surface area (Å²) in [4.78, 5) is 13.0. The highest BCUT2D eigenvalue weighted by molar-refractivity contribution is 5.91. The Hall–Kier alpha value is -2.79. The number of carbonyl (C=O) groups is 1. The molecule has 0 spiro atoms. The molecule has 6 nitrogen and oxygen atoms in total. The molecule has 152 valence electrons. The number of hydrogen-bond donors (Lipinski definition) is 1. The number of nitrogens with zero attached hydrogens (tertiary/aromatic N) is 4. The van der Waals surface area contributed by atoms with E-state index in [1.165, 1.54) is 0 Å². The van der Waals surface area contributed by atoms with Crippen LogP contribution in [0.5, 0.6) is 0 Å². The lowest BCUT2D eigenvalue weighted by Gasteiger charge is -2.19. The molecule has 2 heterocycles. The van der Waals surface area contributed by atoms with E-state index in [1.54, 1.807) is 4.90 Å². The number of anilines is 1. The van der Waals surface area contributed by atoms with Gasteiger partial charge in [0.05, 0.1) is 17.7 Å². The molecule has 0 bridgehead atoms. The molecule has 0 amide bonds. The molecule has 0 atom stereocenters. The van der Waals surface area contributed by atoms with E-state index in [-0.39, 0.29) is 17.4 Å². The van der Waals surface area contributed by atoms with Crippen molar-refractivity contribution in [2.75, 3.05) is 18.0 Å². The Morgan fingerprint density at radius 1 is 1.00 bits per heavy atom. The van der Waals surface area contributed by atoms with Crippen molar-refractivity contribution < 1.29 is 36.2 Å². The van der Waals surface area contributed by atoms with Gasteiger partial charge in [-0.05, 0) is 36.6 Å². The number of hydrogen-bond acceptors (Lipinski definition) is 4. The molecule has 0 radical (unpaired) electrons. The largest absolute Gasteiger partial charge is 0.476 e. The van der Waals surface area contributed by atoms with Crippen molar-refractivity contribution in [3.8, 4) is 0 Å². The van der Waals surface area contributed by atoms with Gasteiger partial charge in [0.1, 0.15) is 0 Å². The molecule has 12 heteroatoms. The first-order chi connectivity index (χ1) is 13.0. The fourth-order valence-corrected chi connectivity index (χ4v) is 3.08. The predicted octanol–water partition coefficient (Wildman–Crippen LogP) is 3.66. The Morgan fingerprint density at radius 2 is 1.54 bits per heavy atom. The van der Waals surface area contributed by atoms with Crippen LogP contribution in [0.4, 0.5) is 32.2 Å². The molecular formula is C16H14F6N4O2. The molecule has 1 aliphatic rings. The van der Waals surface area contributed by atoms with Crippen LogP contribution in [0.2, 0.25) is 0 Å². The highest BCUT2D eigenvalue weighted by atomic mass is 19.4. The van der Waals surface area contributed by atoms with Crippen molar-refractivity contribution >= 4 is 11.8 Å². The summed E-state index contributed by atoms with van der Waals surface area (Å²) in [5.74, 6) is -1.32. The number of rotatable bonds is 4. The summed E-state index contributed by atoms with van der Waals surface area (Å²) >= 11 is 0. The van der Waals surface area contributed by atoms with Crippen LogP contribution < -0.4 is 4.90 Å². The van der Waals surface area contributed by atoms with Crippen LogP contribution >= 0.6 is 0 Å². The van der Waals surface area contributed by atoms with Crippen molar-refractivity contribution in [3.63, 3.8) is 0 Å². The van der Waals surface area contributed by atoms with E-state index >= 15 is 0 Å². The lowest BCUT2D eigenvalue weighted by atomic mass is 10.0. The molecule has 1 aromatic carbocycles. The van der Waals surface area contributed by atoms with E-state index in [1.807, 2.05) is 0 Å². The lowest BCUT2D eigenvalue weighted by Crippen LogP contribution is -2.24. The summed E-state index contributed by atoms with van der Waals surface area (Å²) in [5.41, 5.74) is -3.61. The first kappa shape index (κ1) is 20.0. The summed E-state index contributed by atoms with van der Waals surface area (Å²) in [5, 5.41) is 16.4. The number of carboxylic acids is 1. The summed E-state index contributed by atoms with van der Waals surface area (Å²) < 4.78 is 79.1. The molecule has 1 fully saturated rings. The maximum Gasteiger partial charge on any atom is 0.416 e. The monoisotopic (exact) mass is 408 g/mol. The first-order valence-corrected chi connectivity index (χ1v) is 8.17. The minimum atomic E-state index is -4.97. The van der Waals surface area contributed by atoms with Gasteiger partial charge in [0, 0.05) is 13.1 Å². The van der Waals surface area contributed by atoms with Gasteiger partial charge in [0.25, 0.3) is 0 Å². The second-order valence-corrected chi connectivity index (χ2v) is 6.33. The molecule has 0 aliphatic carbocycles. The van der Waals surface area contributed by atoms with Gasteiger partial charge in [-0.1, -0.05) is 5.21 Å². The zero-order chi connectivity index (χ0) is 20.7.